The lowest BCUT2D eigenvalue weighted by atomic mass is 10.1. The number of nitrogens with zero attached hydrogens (tertiary/aromatic N) is 3. The molecule has 0 aliphatic heterocycles. The van der Waals surface area contributed by atoms with Crippen LogP contribution in [0.15, 0.2) is 41.3 Å². The highest BCUT2D eigenvalue weighted by Crippen LogP contribution is 2.25. The number of esters is 1. The van der Waals surface area contributed by atoms with E-state index in [1.54, 1.807) is 18.2 Å². The first-order valence-corrected chi connectivity index (χ1v) is 12.4. The Hall–Kier alpha value is -2.71. The molecule has 0 fully saturated rings. The predicted octanol–water partition coefficient (Wildman–Crippen LogP) is 4.24. The maximum Gasteiger partial charge on any atom is 0.311 e. The van der Waals surface area contributed by atoms with Gasteiger partial charge in [-0.2, -0.15) is 4.31 Å². The van der Waals surface area contributed by atoms with Crippen LogP contribution in [0.2, 0.25) is 0 Å². The molecule has 7 nitrogen and oxygen atoms in total. The van der Waals surface area contributed by atoms with E-state index >= 15 is 0 Å². The molecule has 0 unspecified atom stereocenters. The summed E-state index contributed by atoms with van der Waals surface area (Å²) in [6.45, 7) is 11.0. The number of carbonyl (C=O) groups is 1. The van der Waals surface area contributed by atoms with Crippen molar-refractivity contribution in [3.8, 4) is 5.75 Å². The zero-order valence-electron chi connectivity index (χ0n) is 19.4. The molecule has 0 spiro atoms. The highest BCUT2D eigenvalue weighted by Gasteiger charge is 2.23. The summed E-state index contributed by atoms with van der Waals surface area (Å²) in [7, 11) is -3.56. The zero-order chi connectivity index (χ0) is 23.5. The Bertz CT molecular complexity index is 1210. The summed E-state index contributed by atoms with van der Waals surface area (Å²) >= 11 is 0. The maximum absolute atomic E-state index is 12.9. The lowest BCUT2D eigenvalue weighted by molar-refractivity contribution is -0.134. The number of benzene rings is 2. The largest absolute Gasteiger partial charge is 0.426 e. The fraction of sp³-hybridized carbons (Fsp3) is 0.417. The molecule has 0 N–H and O–H groups in total. The Kier molecular flexibility index (Phi) is 7.36. The summed E-state index contributed by atoms with van der Waals surface area (Å²) in [5.74, 6) is 1.02. The average Bonchev–Trinajstić information content (AvgIpc) is 3.12. The molecule has 0 amide bonds. The van der Waals surface area contributed by atoms with Crippen LogP contribution in [0.25, 0.3) is 11.0 Å². The molecule has 32 heavy (non-hydrogen) atoms. The molecule has 8 heteroatoms. The third-order valence-electron chi connectivity index (χ3n) is 5.64. The van der Waals surface area contributed by atoms with Crippen molar-refractivity contribution >= 4 is 27.0 Å². The molecule has 1 heterocycles. The molecule has 3 rings (SSSR count). The van der Waals surface area contributed by atoms with Gasteiger partial charge >= 0.3 is 5.97 Å². The highest BCUT2D eigenvalue weighted by atomic mass is 32.2. The molecule has 0 bridgehead atoms. The topological polar surface area (TPSA) is 81.5 Å². The van der Waals surface area contributed by atoms with Gasteiger partial charge in [-0.3, -0.25) is 4.79 Å². The van der Waals surface area contributed by atoms with Crippen LogP contribution in [0, 0.1) is 13.8 Å². The van der Waals surface area contributed by atoms with Crippen LogP contribution >= 0.6 is 0 Å². The van der Waals surface area contributed by atoms with Crippen LogP contribution in [0.3, 0.4) is 0 Å². The van der Waals surface area contributed by atoms with Gasteiger partial charge in [0.2, 0.25) is 10.0 Å². The van der Waals surface area contributed by atoms with Gasteiger partial charge in [0, 0.05) is 26.1 Å². The van der Waals surface area contributed by atoms with E-state index in [2.05, 4.69) is 4.98 Å². The van der Waals surface area contributed by atoms with Crippen molar-refractivity contribution in [2.24, 2.45) is 0 Å². The normalized spacial score (nSPS) is 11.9. The number of sulfonamides is 1. The summed E-state index contributed by atoms with van der Waals surface area (Å²) in [6.07, 6.45) is 0.589. The summed E-state index contributed by atoms with van der Waals surface area (Å²) in [4.78, 5) is 17.4. The fourth-order valence-electron chi connectivity index (χ4n) is 3.92. The minimum absolute atomic E-state index is 0.182. The number of imidazole rings is 1. The molecule has 1 aromatic heterocycles. The zero-order valence-corrected chi connectivity index (χ0v) is 20.2. The Morgan fingerprint density at radius 1 is 1.06 bits per heavy atom. The number of aryl methyl sites for hydroxylation is 4. The molecule has 2 aromatic carbocycles. The van der Waals surface area contributed by atoms with Crippen LogP contribution in [0.4, 0.5) is 0 Å². The van der Waals surface area contributed by atoms with Gasteiger partial charge in [-0.15, -0.1) is 0 Å². The predicted molar refractivity (Wildman–Crippen MR) is 125 cm³/mol. The Morgan fingerprint density at radius 2 is 1.72 bits per heavy atom. The van der Waals surface area contributed by atoms with E-state index in [1.807, 2.05) is 57.4 Å². The minimum Gasteiger partial charge on any atom is -0.426 e. The first-order chi connectivity index (χ1) is 15.2. The summed E-state index contributed by atoms with van der Waals surface area (Å²) in [5.41, 5.74) is 3.30. The number of aromatic nitrogens is 2. The van der Waals surface area contributed by atoms with E-state index in [-0.39, 0.29) is 17.3 Å². The third-order valence-corrected chi connectivity index (χ3v) is 7.68. The minimum atomic E-state index is -3.56. The number of hydrogen-bond donors (Lipinski definition) is 0. The number of fused-ring (bicyclic) bond motifs is 1. The summed E-state index contributed by atoms with van der Waals surface area (Å²) in [6, 6.07) is 10.8. The second kappa shape index (κ2) is 9.83. The third kappa shape index (κ3) is 4.71. The second-order valence-electron chi connectivity index (χ2n) is 7.71. The van der Waals surface area contributed by atoms with Crippen molar-refractivity contribution in [2.75, 3.05) is 13.1 Å². The molecule has 0 saturated carbocycles. The monoisotopic (exact) mass is 457 g/mol. The van der Waals surface area contributed by atoms with Gasteiger partial charge in [-0.05, 0) is 50.1 Å². The van der Waals surface area contributed by atoms with E-state index in [0.29, 0.717) is 37.3 Å². The van der Waals surface area contributed by atoms with E-state index < -0.39 is 10.0 Å². The Balaban J connectivity index is 1.83. The van der Waals surface area contributed by atoms with E-state index in [1.165, 1.54) is 4.31 Å². The van der Waals surface area contributed by atoms with Gasteiger partial charge in [-0.25, -0.2) is 13.4 Å². The number of carbonyl (C=O) groups excluding carboxylic acids is 1. The second-order valence-corrected chi connectivity index (χ2v) is 9.65. The van der Waals surface area contributed by atoms with Gasteiger partial charge in [0.15, 0.2) is 0 Å². The van der Waals surface area contributed by atoms with Gasteiger partial charge in [-0.1, -0.05) is 32.0 Å². The molecule has 0 saturated heterocycles. The van der Waals surface area contributed by atoms with Crippen molar-refractivity contribution in [1.29, 1.82) is 0 Å². The quantitative estimate of drug-likeness (QED) is 0.355. The van der Waals surface area contributed by atoms with E-state index in [4.69, 9.17) is 4.74 Å². The first-order valence-electron chi connectivity index (χ1n) is 11.0. The molecule has 0 atom stereocenters. The van der Waals surface area contributed by atoms with Crippen molar-refractivity contribution in [3.63, 3.8) is 0 Å². The lowest BCUT2D eigenvalue weighted by Gasteiger charge is -2.18. The molecule has 0 radical (unpaired) electrons. The fourth-order valence-corrected chi connectivity index (χ4v) is 5.39. The highest BCUT2D eigenvalue weighted by molar-refractivity contribution is 7.89. The molecular weight excluding hydrogens is 426 g/mol. The van der Waals surface area contributed by atoms with Crippen molar-refractivity contribution in [1.82, 2.24) is 13.9 Å². The standard InChI is InChI=1S/C24H31N3O4S/c1-6-26(7-2)32(29,30)19-12-13-21-20(16-19)25-22(27(21)8-3)14-15-23(28)31-24-17(4)10-9-11-18(24)5/h9-13,16H,6-8,14-15H2,1-5H3. The number of rotatable bonds is 9. The van der Waals surface area contributed by atoms with Crippen LogP contribution in [0.1, 0.15) is 44.1 Å². The van der Waals surface area contributed by atoms with Gasteiger partial charge < -0.3 is 9.30 Å². The molecular formula is C24H31N3O4S. The Labute approximate surface area is 190 Å². The summed E-state index contributed by atoms with van der Waals surface area (Å²) < 4.78 is 34.8. The van der Waals surface area contributed by atoms with E-state index in [0.717, 1.165) is 22.5 Å². The molecule has 172 valence electrons. The van der Waals surface area contributed by atoms with Gasteiger partial charge in [0.25, 0.3) is 0 Å². The van der Waals surface area contributed by atoms with Gasteiger partial charge in [0.05, 0.1) is 22.3 Å². The van der Waals surface area contributed by atoms with Crippen LogP contribution in [-0.2, 0) is 27.8 Å². The SMILES string of the molecule is CCN(CC)S(=O)(=O)c1ccc2c(c1)nc(CCC(=O)Oc1c(C)cccc1C)n2CC. The Morgan fingerprint density at radius 3 is 2.31 bits per heavy atom. The average molecular weight is 458 g/mol. The molecule has 3 aromatic rings. The number of para-hydroxylation sites is 1. The van der Waals surface area contributed by atoms with Crippen LogP contribution < -0.4 is 4.74 Å². The van der Waals surface area contributed by atoms with E-state index in [9.17, 15) is 13.2 Å². The van der Waals surface area contributed by atoms with Crippen LogP contribution in [-0.4, -0.2) is 41.3 Å². The maximum atomic E-state index is 12.9. The number of ether oxygens (including phenoxy) is 1. The lowest BCUT2D eigenvalue weighted by Crippen LogP contribution is -2.30. The van der Waals surface area contributed by atoms with Crippen molar-refractivity contribution in [2.45, 2.75) is 58.9 Å². The molecule has 0 aliphatic carbocycles. The van der Waals surface area contributed by atoms with Crippen LogP contribution in [0.5, 0.6) is 5.75 Å². The smallest absolute Gasteiger partial charge is 0.311 e. The molecule has 0 aliphatic rings. The van der Waals surface area contributed by atoms with Crippen molar-refractivity contribution < 1.29 is 17.9 Å². The number of hydrogen-bond acceptors (Lipinski definition) is 5. The van der Waals surface area contributed by atoms with Crippen molar-refractivity contribution in [3.05, 3.63) is 53.3 Å². The first kappa shape index (κ1) is 23.9. The van der Waals surface area contributed by atoms with Gasteiger partial charge in [0.1, 0.15) is 11.6 Å². The summed E-state index contributed by atoms with van der Waals surface area (Å²) in [5, 5.41) is 0.